The first kappa shape index (κ1) is 24.7. The van der Waals surface area contributed by atoms with Gasteiger partial charge in [0.2, 0.25) is 0 Å². The van der Waals surface area contributed by atoms with E-state index in [-0.39, 0.29) is 36.0 Å². The molecular formula is C20H31NaO2-. The fraction of sp³-hybridized carbons (Fsp3) is 0.550. The maximum atomic E-state index is 10.2. The molecule has 0 aliphatic heterocycles. The third-order valence-electron chi connectivity index (χ3n) is 3.21. The maximum Gasteiger partial charge on any atom is 0.0414 e. The number of hydrogen-bond acceptors (Lipinski definition) is 2. The smallest absolute Gasteiger partial charge is 0.0414 e. The van der Waals surface area contributed by atoms with E-state index in [2.05, 4.69) is 49.5 Å². The second-order valence-electron chi connectivity index (χ2n) is 5.35. The Hall–Kier alpha value is -0.570. The number of hydrogen-bond donors (Lipinski definition) is 0. The average molecular weight is 326 g/mol. The van der Waals surface area contributed by atoms with Crippen molar-refractivity contribution in [2.24, 2.45) is 0 Å². The summed E-state index contributed by atoms with van der Waals surface area (Å²) >= 11 is 0. The summed E-state index contributed by atoms with van der Waals surface area (Å²) in [5.41, 5.74) is 0. The van der Waals surface area contributed by atoms with Crippen LogP contribution in [0.25, 0.3) is 0 Å². The predicted octanol–water partition coefficient (Wildman–Crippen LogP) is 4.50. The molecule has 3 heteroatoms. The Morgan fingerprint density at radius 2 is 1.17 bits per heavy atom. The van der Waals surface area contributed by atoms with E-state index in [4.69, 9.17) is 0 Å². The molecule has 0 N–H and O–H groups in total. The Morgan fingerprint density at radius 1 is 0.739 bits per heavy atom. The number of carbonyl (C=O) groups excluding carboxylic acids is 1. The Balaban J connectivity index is 0. The molecule has 1 radical (unpaired) electrons. The molecule has 0 aliphatic rings. The molecule has 0 aliphatic carbocycles. The zero-order valence-corrected chi connectivity index (χ0v) is 17.0. The minimum Gasteiger partial charge on any atom is -0.550 e. The number of aliphatic carboxylic acids is 1. The van der Waals surface area contributed by atoms with Crippen LogP contribution < -0.4 is 5.11 Å². The van der Waals surface area contributed by atoms with Gasteiger partial charge in [0.15, 0.2) is 0 Å². The molecule has 0 fully saturated rings. The molecule has 2 nitrogen and oxygen atoms in total. The molecule has 0 saturated carbocycles. The predicted molar refractivity (Wildman–Crippen MR) is 99.2 cm³/mol. The van der Waals surface area contributed by atoms with Crippen molar-refractivity contribution < 1.29 is 9.90 Å². The molecule has 23 heavy (non-hydrogen) atoms. The van der Waals surface area contributed by atoms with Crippen LogP contribution in [-0.2, 0) is 4.79 Å². The molecule has 0 spiro atoms. The molecule has 0 rings (SSSR count). The summed E-state index contributed by atoms with van der Waals surface area (Å²) in [6, 6.07) is 0. The summed E-state index contributed by atoms with van der Waals surface area (Å²) in [4.78, 5) is 10.2. The summed E-state index contributed by atoms with van der Waals surface area (Å²) in [6.45, 7) is 2.23. The quantitative estimate of drug-likeness (QED) is 0.268. The van der Waals surface area contributed by atoms with Gasteiger partial charge in [-0.05, 0) is 51.4 Å². The van der Waals surface area contributed by atoms with Crippen molar-refractivity contribution in [3.05, 3.63) is 48.6 Å². The summed E-state index contributed by atoms with van der Waals surface area (Å²) in [5, 5.41) is 10.2. The number of carbonyl (C=O) groups is 1. The standard InChI is InChI=1S/C20H32O2.Na/c1-2-3-4-5-6-7-8-9-10-11-12-13-14-15-16-17-18-19-20(21)22;/h6-7,9-10,12-13,15-16H,2-5,8,11,14,17-19H2,1H3,(H,21,22);/p-1/b7-6+,10-9+,13-12+,16-15+;. The molecule has 0 heterocycles. The van der Waals surface area contributed by atoms with E-state index < -0.39 is 5.97 Å². The van der Waals surface area contributed by atoms with E-state index in [9.17, 15) is 9.90 Å². The molecule has 0 saturated heterocycles. The summed E-state index contributed by atoms with van der Waals surface area (Å²) in [6.07, 6.45) is 27.0. The number of carboxylic acid groups (broad SMARTS) is 1. The molecule has 0 aromatic heterocycles. The van der Waals surface area contributed by atoms with Gasteiger partial charge < -0.3 is 9.90 Å². The van der Waals surface area contributed by atoms with Gasteiger partial charge in [0.05, 0.1) is 0 Å². The molecule has 125 valence electrons. The van der Waals surface area contributed by atoms with Crippen LogP contribution in [0.15, 0.2) is 48.6 Å². The van der Waals surface area contributed by atoms with Crippen molar-refractivity contribution in [3.63, 3.8) is 0 Å². The Morgan fingerprint density at radius 3 is 1.61 bits per heavy atom. The second kappa shape index (κ2) is 21.4. The van der Waals surface area contributed by atoms with Crippen LogP contribution >= 0.6 is 0 Å². The van der Waals surface area contributed by atoms with Crippen LogP contribution in [0.2, 0.25) is 0 Å². The van der Waals surface area contributed by atoms with Gasteiger partial charge in [-0.1, -0.05) is 68.4 Å². The molecule has 0 aromatic rings. The van der Waals surface area contributed by atoms with E-state index in [0.717, 1.165) is 25.7 Å². The van der Waals surface area contributed by atoms with E-state index in [1.807, 2.05) is 6.08 Å². The van der Waals surface area contributed by atoms with Gasteiger partial charge in [-0.15, -0.1) is 0 Å². The largest absolute Gasteiger partial charge is 0.550 e. The maximum absolute atomic E-state index is 10.2. The number of allylic oxidation sites excluding steroid dienone is 8. The summed E-state index contributed by atoms with van der Waals surface area (Å²) in [7, 11) is 0. The van der Waals surface area contributed by atoms with Crippen molar-refractivity contribution in [1.82, 2.24) is 0 Å². The summed E-state index contributed by atoms with van der Waals surface area (Å²) < 4.78 is 0. The normalized spacial score (nSPS) is 11.9. The van der Waals surface area contributed by atoms with Gasteiger partial charge in [-0.2, -0.15) is 0 Å². The molecule has 0 unspecified atom stereocenters. The number of rotatable bonds is 14. The van der Waals surface area contributed by atoms with Gasteiger partial charge in [-0.25, -0.2) is 0 Å². The third-order valence-corrected chi connectivity index (χ3v) is 3.21. The monoisotopic (exact) mass is 326 g/mol. The van der Waals surface area contributed by atoms with Crippen molar-refractivity contribution in [2.45, 2.75) is 71.1 Å². The minimum atomic E-state index is -0.962. The van der Waals surface area contributed by atoms with Gasteiger partial charge >= 0.3 is 0 Å². The van der Waals surface area contributed by atoms with E-state index in [1.165, 1.54) is 25.7 Å². The topological polar surface area (TPSA) is 40.1 Å². The zero-order chi connectivity index (χ0) is 16.3. The second-order valence-corrected chi connectivity index (χ2v) is 5.35. The number of carboxylic acids is 1. The average Bonchev–Trinajstić information content (AvgIpc) is 2.50. The first-order chi connectivity index (χ1) is 10.8. The van der Waals surface area contributed by atoms with E-state index >= 15 is 0 Å². The van der Waals surface area contributed by atoms with Crippen molar-refractivity contribution >= 4 is 35.5 Å². The number of unbranched alkanes of at least 4 members (excludes halogenated alkanes) is 4. The third kappa shape index (κ3) is 23.8. The summed E-state index contributed by atoms with van der Waals surface area (Å²) in [5.74, 6) is -0.962. The first-order valence-electron chi connectivity index (χ1n) is 8.57. The molecule has 0 amide bonds. The van der Waals surface area contributed by atoms with Crippen LogP contribution in [-0.4, -0.2) is 35.5 Å². The fourth-order valence-electron chi connectivity index (χ4n) is 1.93. The molecule has 0 atom stereocenters. The first-order valence-corrected chi connectivity index (χ1v) is 8.57. The van der Waals surface area contributed by atoms with E-state index in [1.54, 1.807) is 0 Å². The Bertz CT molecular complexity index is 368. The van der Waals surface area contributed by atoms with Crippen molar-refractivity contribution in [3.8, 4) is 0 Å². The van der Waals surface area contributed by atoms with Crippen LogP contribution in [0.3, 0.4) is 0 Å². The molecule has 0 bridgehead atoms. The minimum absolute atomic E-state index is 0. The zero-order valence-electron chi connectivity index (χ0n) is 15.0. The van der Waals surface area contributed by atoms with Crippen LogP contribution in [0.4, 0.5) is 0 Å². The SMILES string of the molecule is CCCCC/C=C/C/C=C/C/C=C/C/C=C/CCCC(=O)[O-].[Na]. The molecule has 0 aromatic carbocycles. The van der Waals surface area contributed by atoms with Gasteiger partial charge in [0.1, 0.15) is 0 Å². The van der Waals surface area contributed by atoms with Crippen LogP contribution in [0.1, 0.15) is 71.1 Å². The van der Waals surface area contributed by atoms with Gasteiger partial charge in [0, 0.05) is 35.5 Å². The Labute approximate surface area is 164 Å². The van der Waals surface area contributed by atoms with E-state index in [0.29, 0.717) is 6.42 Å². The van der Waals surface area contributed by atoms with Crippen LogP contribution in [0, 0.1) is 0 Å². The Kier molecular flexibility index (Phi) is 23.0. The van der Waals surface area contributed by atoms with Gasteiger partial charge in [-0.3, -0.25) is 0 Å². The molecular weight excluding hydrogens is 295 g/mol. The fourth-order valence-corrected chi connectivity index (χ4v) is 1.93. The van der Waals surface area contributed by atoms with Crippen molar-refractivity contribution in [2.75, 3.05) is 0 Å². The van der Waals surface area contributed by atoms with Crippen LogP contribution in [0.5, 0.6) is 0 Å². The van der Waals surface area contributed by atoms with Gasteiger partial charge in [0.25, 0.3) is 0 Å². The van der Waals surface area contributed by atoms with Crippen molar-refractivity contribution in [1.29, 1.82) is 0 Å².